The summed E-state index contributed by atoms with van der Waals surface area (Å²) >= 11 is 0. The van der Waals surface area contributed by atoms with Gasteiger partial charge in [0.05, 0.1) is 18.6 Å². The second-order valence-corrected chi connectivity index (χ2v) is 4.83. The van der Waals surface area contributed by atoms with E-state index in [1.807, 2.05) is 0 Å². The Kier molecular flexibility index (Phi) is 11.4. The Hall–Kier alpha value is -0.660. The first-order chi connectivity index (χ1) is 8.20. The van der Waals surface area contributed by atoms with E-state index in [4.69, 9.17) is 0 Å². The molecule has 0 aliphatic heterocycles. The quantitative estimate of drug-likeness (QED) is 0.424. The molecule has 0 aromatic heterocycles. The monoisotopic (exact) mass is 239 g/mol. The zero-order chi connectivity index (χ0) is 12.9. The van der Waals surface area contributed by atoms with Gasteiger partial charge in [-0.05, 0) is 39.9 Å². The van der Waals surface area contributed by atoms with Crippen LogP contribution in [0.1, 0.15) is 52.4 Å². The maximum absolute atomic E-state index is 4.40. The molecular weight excluding hydrogens is 210 g/mol. The van der Waals surface area contributed by atoms with Crippen molar-refractivity contribution in [3.8, 4) is 0 Å². The normalized spacial score (nSPS) is 12.3. The highest BCUT2D eigenvalue weighted by Gasteiger charge is 2.01. The van der Waals surface area contributed by atoms with Gasteiger partial charge in [-0.2, -0.15) is 0 Å². The van der Waals surface area contributed by atoms with Crippen molar-refractivity contribution in [3.05, 3.63) is 0 Å². The molecule has 0 amide bonds. The maximum Gasteiger partial charge on any atom is 0.0895 e. The lowest BCUT2D eigenvalue weighted by Gasteiger charge is -2.07. The van der Waals surface area contributed by atoms with E-state index in [0.29, 0.717) is 6.04 Å². The molecule has 0 rings (SSSR count). The van der Waals surface area contributed by atoms with Gasteiger partial charge in [0.2, 0.25) is 0 Å². The third-order valence-electron chi connectivity index (χ3n) is 2.80. The summed E-state index contributed by atoms with van der Waals surface area (Å²) < 4.78 is 0. The van der Waals surface area contributed by atoms with E-state index >= 15 is 0 Å². The first-order valence-electron chi connectivity index (χ1n) is 6.96. The molecule has 0 radical (unpaired) electrons. The molecule has 0 fully saturated rings. The fourth-order valence-corrected chi connectivity index (χ4v) is 1.63. The van der Waals surface area contributed by atoms with E-state index in [1.54, 1.807) is 0 Å². The highest BCUT2D eigenvalue weighted by molar-refractivity contribution is 5.41. The first-order valence-corrected chi connectivity index (χ1v) is 6.96. The van der Waals surface area contributed by atoms with Gasteiger partial charge in [0.1, 0.15) is 0 Å². The average Bonchev–Trinajstić information content (AvgIpc) is 2.31. The summed E-state index contributed by atoms with van der Waals surface area (Å²) in [6, 6.07) is 3.30. The first kappa shape index (κ1) is 16.3. The van der Waals surface area contributed by atoms with Crippen LogP contribution in [-0.4, -0.2) is 44.1 Å². The molecule has 100 valence electrons. The summed E-state index contributed by atoms with van der Waals surface area (Å²) in [7, 11) is 4.16. The molecule has 0 aromatic rings. The summed E-state index contributed by atoms with van der Waals surface area (Å²) in [5.41, 5.74) is 0. The van der Waals surface area contributed by atoms with Crippen LogP contribution in [0.15, 0.2) is 9.98 Å². The number of aliphatic imine (C=N–C) groups is 2. The third kappa shape index (κ3) is 11.6. The minimum Gasteiger partial charge on any atom is -0.309 e. The van der Waals surface area contributed by atoms with E-state index in [0.717, 1.165) is 25.9 Å². The van der Waals surface area contributed by atoms with E-state index in [2.05, 4.69) is 48.8 Å². The van der Waals surface area contributed by atoms with Gasteiger partial charge >= 0.3 is 0 Å². The summed E-state index contributed by atoms with van der Waals surface area (Å²) in [5, 5.41) is 0. The van der Waals surface area contributed by atoms with E-state index < -0.39 is 0 Å². The van der Waals surface area contributed by atoms with Crippen molar-refractivity contribution in [1.29, 1.82) is 0 Å². The van der Waals surface area contributed by atoms with Crippen molar-refractivity contribution in [2.75, 3.05) is 27.2 Å². The van der Waals surface area contributed by atoms with E-state index in [1.165, 1.54) is 25.7 Å². The van der Waals surface area contributed by atoms with Gasteiger partial charge in [0, 0.05) is 0 Å². The molecule has 0 heterocycles. The lowest BCUT2D eigenvalue weighted by molar-refractivity contribution is 0.403. The predicted octanol–water partition coefficient (Wildman–Crippen LogP) is 3.47. The highest BCUT2D eigenvalue weighted by atomic mass is 15.0. The standard InChI is InChI=1S/C14H29N3/c1-5-7-8-10-14(6-2)16-13-15-11-9-12-17(3)4/h14H,5-12H2,1-4H3. The summed E-state index contributed by atoms with van der Waals surface area (Å²) in [6.07, 6.45) is 7.24. The highest BCUT2D eigenvalue weighted by Crippen LogP contribution is 2.08. The number of nitrogens with zero attached hydrogens (tertiary/aromatic N) is 3. The van der Waals surface area contributed by atoms with Gasteiger partial charge in [-0.3, -0.25) is 0 Å². The molecule has 3 nitrogen and oxygen atoms in total. The third-order valence-corrected chi connectivity index (χ3v) is 2.80. The minimum absolute atomic E-state index is 0.430. The molecule has 0 spiro atoms. The van der Waals surface area contributed by atoms with Crippen molar-refractivity contribution in [3.63, 3.8) is 0 Å². The lowest BCUT2D eigenvalue weighted by atomic mass is 10.1. The largest absolute Gasteiger partial charge is 0.309 e. The minimum atomic E-state index is 0.430. The molecule has 0 aliphatic rings. The number of hydrogen-bond acceptors (Lipinski definition) is 3. The topological polar surface area (TPSA) is 28.0 Å². The van der Waals surface area contributed by atoms with Gasteiger partial charge in [-0.15, -0.1) is 0 Å². The van der Waals surface area contributed by atoms with Crippen LogP contribution in [-0.2, 0) is 0 Å². The van der Waals surface area contributed by atoms with Crippen molar-refractivity contribution in [2.45, 2.75) is 58.4 Å². The van der Waals surface area contributed by atoms with Crippen LogP contribution in [0.4, 0.5) is 0 Å². The van der Waals surface area contributed by atoms with Crippen LogP contribution in [0.5, 0.6) is 0 Å². The van der Waals surface area contributed by atoms with Gasteiger partial charge in [-0.25, -0.2) is 9.98 Å². The van der Waals surface area contributed by atoms with Crippen molar-refractivity contribution < 1.29 is 0 Å². The summed E-state index contributed by atoms with van der Waals surface area (Å²) in [4.78, 5) is 10.8. The predicted molar refractivity (Wildman–Crippen MR) is 76.1 cm³/mol. The maximum atomic E-state index is 4.40. The number of rotatable bonds is 10. The molecule has 0 aromatic carbocycles. The molecule has 0 saturated carbocycles. The molecule has 1 unspecified atom stereocenters. The summed E-state index contributed by atoms with van der Waals surface area (Å²) in [6.45, 7) is 6.34. The number of unbranched alkanes of at least 4 members (excludes halogenated alkanes) is 2. The van der Waals surface area contributed by atoms with Gasteiger partial charge < -0.3 is 4.90 Å². The Morgan fingerprint density at radius 1 is 1.12 bits per heavy atom. The van der Waals surface area contributed by atoms with Gasteiger partial charge in [0.15, 0.2) is 0 Å². The molecule has 17 heavy (non-hydrogen) atoms. The fourth-order valence-electron chi connectivity index (χ4n) is 1.63. The Morgan fingerprint density at radius 3 is 2.47 bits per heavy atom. The molecule has 1 atom stereocenters. The average molecular weight is 239 g/mol. The van der Waals surface area contributed by atoms with Gasteiger partial charge in [-0.1, -0.05) is 33.1 Å². The Labute approximate surface area is 107 Å². The Bertz CT molecular complexity index is 218. The van der Waals surface area contributed by atoms with Crippen LogP contribution < -0.4 is 0 Å². The Balaban J connectivity index is 3.72. The zero-order valence-electron chi connectivity index (χ0n) is 12.1. The van der Waals surface area contributed by atoms with Gasteiger partial charge in [0.25, 0.3) is 0 Å². The van der Waals surface area contributed by atoms with Crippen LogP contribution in [0.25, 0.3) is 0 Å². The molecule has 0 N–H and O–H groups in total. The van der Waals surface area contributed by atoms with Crippen molar-refractivity contribution in [1.82, 2.24) is 4.90 Å². The fraction of sp³-hybridized carbons (Fsp3) is 0.929. The smallest absolute Gasteiger partial charge is 0.0895 e. The SMILES string of the molecule is CCCCCC(CC)N=C=NCCCN(C)C. The van der Waals surface area contributed by atoms with E-state index in [9.17, 15) is 0 Å². The van der Waals surface area contributed by atoms with Crippen LogP contribution >= 0.6 is 0 Å². The van der Waals surface area contributed by atoms with Crippen LogP contribution in [0.3, 0.4) is 0 Å². The van der Waals surface area contributed by atoms with Crippen molar-refractivity contribution >= 4 is 6.01 Å². The van der Waals surface area contributed by atoms with Crippen LogP contribution in [0.2, 0.25) is 0 Å². The molecular formula is C14H29N3. The zero-order valence-corrected chi connectivity index (χ0v) is 12.1. The van der Waals surface area contributed by atoms with Crippen molar-refractivity contribution in [2.24, 2.45) is 9.98 Å². The second-order valence-electron chi connectivity index (χ2n) is 4.83. The summed E-state index contributed by atoms with van der Waals surface area (Å²) in [5.74, 6) is 0. The second kappa shape index (κ2) is 11.8. The Morgan fingerprint density at radius 2 is 1.88 bits per heavy atom. The molecule has 0 saturated heterocycles. The van der Waals surface area contributed by atoms with E-state index in [-0.39, 0.29) is 0 Å². The molecule has 0 aliphatic carbocycles. The molecule has 3 heteroatoms. The van der Waals surface area contributed by atoms with Crippen LogP contribution in [0, 0.1) is 0 Å². The number of hydrogen-bond donors (Lipinski definition) is 0. The molecule has 0 bridgehead atoms. The lowest BCUT2D eigenvalue weighted by Crippen LogP contribution is -2.13.